The lowest BCUT2D eigenvalue weighted by atomic mass is 10.0. The second-order valence-corrected chi connectivity index (χ2v) is 9.01. The molecule has 3 rings (SSSR count). The van der Waals surface area contributed by atoms with Crippen LogP contribution < -0.4 is 16.6 Å². The molecule has 1 amide bonds. The van der Waals surface area contributed by atoms with Gasteiger partial charge in [-0.1, -0.05) is 6.92 Å². The summed E-state index contributed by atoms with van der Waals surface area (Å²) in [6, 6.07) is 0. The molecule has 2 saturated heterocycles. The largest absolute Gasteiger partial charge is 0.376 e. The van der Waals surface area contributed by atoms with Gasteiger partial charge in [-0.25, -0.2) is 4.79 Å². The molecule has 5 atom stereocenters. The number of aromatic amines is 1. The van der Waals surface area contributed by atoms with Crippen molar-refractivity contribution in [2.75, 3.05) is 19.8 Å². The topological polar surface area (TPSA) is 121 Å². The molecule has 2 aliphatic rings. The first kappa shape index (κ1) is 24.6. The minimum atomic E-state index is -0.739. The molecule has 2 fully saturated rings. The van der Waals surface area contributed by atoms with Crippen molar-refractivity contribution in [2.24, 2.45) is 5.92 Å². The van der Waals surface area contributed by atoms with Gasteiger partial charge in [-0.2, -0.15) is 0 Å². The highest BCUT2D eigenvalue weighted by atomic mass is 16.6. The molecule has 0 saturated carbocycles. The van der Waals surface area contributed by atoms with E-state index in [1.165, 1.54) is 10.8 Å². The van der Waals surface area contributed by atoms with Gasteiger partial charge in [0.15, 0.2) is 0 Å². The van der Waals surface area contributed by atoms with Crippen LogP contribution in [0.2, 0.25) is 0 Å². The number of ether oxygens (including phenoxy) is 4. The fourth-order valence-electron chi connectivity index (χ4n) is 4.09. The predicted molar refractivity (Wildman–Crippen MR) is 117 cm³/mol. The van der Waals surface area contributed by atoms with Crippen molar-refractivity contribution in [3.05, 3.63) is 32.6 Å². The van der Waals surface area contributed by atoms with Gasteiger partial charge in [0.2, 0.25) is 0 Å². The van der Waals surface area contributed by atoms with Crippen molar-refractivity contribution in [1.29, 1.82) is 0 Å². The van der Waals surface area contributed by atoms with E-state index in [1.807, 2.05) is 34.6 Å². The van der Waals surface area contributed by atoms with E-state index in [4.69, 9.17) is 18.9 Å². The standard InChI is InChI=1S/C22H35N3O7/c1-12(2)30-11-17-18(31-13(3)4)14(5)21(32-17)25-10-16(20(27)24-22(25)28)19(26)23-9-15-7-6-8-29-15/h10,12-15,17-18,21H,6-9,11H2,1-5H3,(H,23,26)(H,24,27,28)/t14-,15+,17+,18?,21+/m0/s1. The molecule has 2 N–H and O–H groups in total. The van der Waals surface area contributed by atoms with Gasteiger partial charge in [0.1, 0.15) is 17.9 Å². The maximum atomic E-state index is 12.6. The highest BCUT2D eigenvalue weighted by Gasteiger charge is 2.45. The van der Waals surface area contributed by atoms with Crippen LogP contribution in [0.25, 0.3) is 0 Å². The zero-order valence-electron chi connectivity index (χ0n) is 19.5. The number of nitrogens with zero attached hydrogens (tertiary/aromatic N) is 1. The maximum absolute atomic E-state index is 12.6. The molecular formula is C22H35N3O7. The molecule has 0 radical (unpaired) electrons. The Kier molecular flexibility index (Phi) is 8.26. The number of rotatable bonds is 9. The highest BCUT2D eigenvalue weighted by Crippen LogP contribution is 2.36. The maximum Gasteiger partial charge on any atom is 0.330 e. The van der Waals surface area contributed by atoms with E-state index in [0.717, 1.165) is 12.8 Å². The van der Waals surface area contributed by atoms with Gasteiger partial charge in [0.05, 0.1) is 31.0 Å². The number of amides is 1. The van der Waals surface area contributed by atoms with Crippen molar-refractivity contribution in [1.82, 2.24) is 14.9 Å². The van der Waals surface area contributed by atoms with Crippen molar-refractivity contribution >= 4 is 5.91 Å². The van der Waals surface area contributed by atoms with Crippen LogP contribution in [0.3, 0.4) is 0 Å². The Morgan fingerprint density at radius 2 is 2.03 bits per heavy atom. The van der Waals surface area contributed by atoms with E-state index in [9.17, 15) is 14.4 Å². The summed E-state index contributed by atoms with van der Waals surface area (Å²) < 4.78 is 24.7. The van der Waals surface area contributed by atoms with Gasteiger partial charge >= 0.3 is 5.69 Å². The summed E-state index contributed by atoms with van der Waals surface area (Å²) >= 11 is 0. The number of H-pyrrole nitrogens is 1. The lowest BCUT2D eigenvalue weighted by Gasteiger charge is -2.24. The Morgan fingerprint density at radius 1 is 1.28 bits per heavy atom. The van der Waals surface area contributed by atoms with E-state index in [0.29, 0.717) is 19.8 Å². The number of hydrogen-bond acceptors (Lipinski definition) is 7. The van der Waals surface area contributed by atoms with E-state index >= 15 is 0 Å². The monoisotopic (exact) mass is 453 g/mol. The van der Waals surface area contributed by atoms with Crippen LogP contribution >= 0.6 is 0 Å². The third-order valence-corrected chi connectivity index (χ3v) is 5.67. The first-order valence-corrected chi connectivity index (χ1v) is 11.3. The van der Waals surface area contributed by atoms with Crippen LogP contribution in [-0.2, 0) is 18.9 Å². The Hall–Kier alpha value is -2.01. The van der Waals surface area contributed by atoms with Gasteiger partial charge in [0.25, 0.3) is 11.5 Å². The van der Waals surface area contributed by atoms with Crippen molar-refractivity contribution < 1.29 is 23.7 Å². The molecule has 10 nitrogen and oxygen atoms in total. The van der Waals surface area contributed by atoms with E-state index in [2.05, 4.69) is 10.3 Å². The Morgan fingerprint density at radius 3 is 2.66 bits per heavy atom. The molecule has 1 unspecified atom stereocenters. The first-order chi connectivity index (χ1) is 15.2. The summed E-state index contributed by atoms with van der Waals surface area (Å²) in [5.41, 5.74) is -1.53. The Bertz CT molecular complexity index is 888. The summed E-state index contributed by atoms with van der Waals surface area (Å²) in [6.07, 6.45) is 1.58. The molecule has 1 aromatic rings. The number of hydrogen-bond donors (Lipinski definition) is 2. The van der Waals surface area contributed by atoms with Crippen molar-refractivity contribution in [3.8, 4) is 0 Å². The number of carbonyl (C=O) groups is 1. The minimum absolute atomic E-state index is 0.0163. The molecule has 0 aromatic carbocycles. The first-order valence-electron chi connectivity index (χ1n) is 11.3. The van der Waals surface area contributed by atoms with Gasteiger partial charge < -0.3 is 24.3 Å². The number of aromatic nitrogens is 2. The van der Waals surface area contributed by atoms with Crippen LogP contribution in [0, 0.1) is 5.92 Å². The third kappa shape index (κ3) is 5.86. The minimum Gasteiger partial charge on any atom is -0.376 e. The van der Waals surface area contributed by atoms with Crippen LogP contribution in [0.5, 0.6) is 0 Å². The quantitative estimate of drug-likeness (QED) is 0.576. The fraction of sp³-hybridized carbons (Fsp3) is 0.773. The molecule has 180 valence electrons. The van der Waals surface area contributed by atoms with Gasteiger partial charge in [0, 0.05) is 25.3 Å². The molecule has 1 aromatic heterocycles. The summed E-state index contributed by atoms with van der Waals surface area (Å²) in [7, 11) is 0. The predicted octanol–water partition coefficient (Wildman–Crippen LogP) is 1.20. The SMILES string of the molecule is CC(C)OC[C@H]1O[C@@H](n2cc(C(=O)NC[C@H]3CCCO3)c(=O)[nH]c2=O)[C@@H](C)C1OC(C)C. The fourth-order valence-corrected chi connectivity index (χ4v) is 4.09. The summed E-state index contributed by atoms with van der Waals surface area (Å²) in [6.45, 7) is 10.9. The summed E-state index contributed by atoms with van der Waals surface area (Å²) in [5.74, 6) is -0.777. The normalized spacial score (nSPS) is 28.0. The molecule has 3 heterocycles. The zero-order chi connectivity index (χ0) is 23.4. The molecule has 0 bridgehead atoms. The summed E-state index contributed by atoms with van der Waals surface area (Å²) in [4.78, 5) is 39.8. The van der Waals surface area contributed by atoms with E-state index in [-0.39, 0.29) is 35.9 Å². The lowest BCUT2D eigenvalue weighted by Crippen LogP contribution is -2.41. The van der Waals surface area contributed by atoms with Crippen LogP contribution in [0.15, 0.2) is 15.8 Å². The third-order valence-electron chi connectivity index (χ3n) is 5.67. The van der Waals surface area contributed by atoms with Crippen molar-refractivity contribution in [3.63, 3.8) is 0 Å². The number of carbonyl (C=O) groups excluding carboxylic acids is 1. The van der Waals surface area contributed by atoms with Gasteiger partial charge in [-0.05, 0) is 40.5 Å². The molecule has 32 heavy (non-hydrogen) atoms. The molecule has 2 aliphatic heterocycles. The highest BCUT2D eigenvalue weighted by molar-refractivity contribution is 5.93. The molecule has 0 spiro atoms. The van der Waals surface area contributed by atoms with Gasteiger partial charge in [-0.3, -0.25) is 19.1 Å². The number of nitrogens with one attached hydrogen (secondary N) is 2. The van der Waals surface area contributed by atoms with E-state index < -0.39 is 29.5 Å². The smallest absolute Gasteiger partial charge is 0.330 e. The van der Waals surface area contributed by atoms with Crippen LogP contribution in [0.4, 0.5) is 0 Å². The van der Waals surface area contributed by atoms with Crippen LogP contribution in [0.1, 0.15) is 64.0 Å². The Balaban J connectivity index is 1.82. The summed E-state index contributed by atoms with van der Waals surface area (Å²) in [5, 5.41) is 2.72. The lowest BCUT2D eigenvalue weighted by molar-refractivity contribution is -0.0966. The molecular weight excluding hydrogens is 418 g/mol. The average molecular weight is 454 g/mol. The van der Waals surface area contributed by atoms with Crippen LogP contribution in [-0.4, -0.2) is 65.7 Å². The molecule has 10 heteroatoms. The van der Waals surface area contributed by atoms with Crippen molar-refractivity contribution in [2.45, 2.75) is 84.2 Å². The molecule has 0 aliphatic carbocycles. The Labute approximate surface area is 187 Å². The average Bonchev–Trinajstić information content (AvgIpc) is 3.34. The van der Waals surface area contributed by atoms with E-state index in [1.54, 1.807) is 0 Å². The zero-order valence-corrected chi connectivity index (χ0v) is 19.5. The second-order valence-electron chi connectivity index (χ2n) is 9.01. The second kappa shape index (κ2) is 10.7. The van der Waals surface area contributed by atoms with Gasteiger partial charge in [-0.15, -0.1) is 0 Å².